The first kappa shape index (κ1) is 19.2. The molecular weight excluding hydrogens is 363 g/mol. The van der Waals surface area contributed by atoms with Gasteiger partial charge in [-0.15, -0.1) is 11.3 Å². The lowest BCUT2D eigenvalue weighted by atomic mass is 10.2. The SMILES string of the molecule is CCCCc1nc(C)c(C(=O)NCc2ccc(-n3ccnc3C)c(F)c2)s1. The van der Waals surface area contributed by atoms with Gasteiger partial charge in [-0.1, -0.05) is 19.4 Å². The first-order valence-electron chi connectivity index (χ1n) is 9.02. The van der Waals surface area contributed by atoms with Crippen LogP contribution in [0.4, 0.5) is 4.39 Å². The summed E-state index contributed by atoms with van der Waals surface area (Å²) in [5.41, 5.74) is 1.90. The number of carbonyl (C=O) groups excluding carboxylic acids is 1. The van der Waals surface area contributed by atoms with Crippen molar-refractivity contribution in [3.8, 4) is 5.69 Å². The van der Waals surface area contributed by atoms with Crippen LogP contribution < -0.4 is 5.32 Å². The minimum atomic E-state index is -0.348. The van der Waals surface area contributed by atoms with Gasteiger partial charge in [0.15, 0.2) is 0 Å². The fourth-order valence-electron chi connectivity index (χ4n) is 2.85. The number of unbranched alkanes of at least 4 members (excludes halogenated alkanes) is 1. The average Bonchev–Trinajstić information content (AvgIpc) is 3.23. The highest BCUT2D eigenvalue weighted by atomic mass is 32.1. The van der Waals surface area contributed by atoms with Crippen LogP contribution in [0, 0.1) is 19.7 Å². The first-order chi connectivity index (χ1) is 13.0. The van der Waals surface area contributed by atoms with Crippen molar-refractivity contribution in [1.82, 2.24) is 19.9 Å². The Balaban J connectivity index is 1.66. The van der Waals surface area contributed by atoms with Gasteiger partial charge in [0, 0.05) is 18.9 Å². The van der Waals surface area contributed by atoms with Crippen molar-refractivity contribution in [2.45, 2.75) is 46.6 Å². The Kier molecular flexibility index (Phi) is 6.01. The maximum atomic E-state index is 14.5. The normalized spacial score (nSPS) is 11.0. The fourth-order valence-corrected chi connectivity index (χ4v) is 3.87. The van der Waals surface area contributed by atoms with Gasteiger partial charge >= 0.3 is 0 Å². The van der Waals surface area contributed by atoms with Crippen molar-refractivity contribution >= 4 is 17.2 Å². The summed E-state index contributed by atoms with van der Waals surface area (Å²) in [4.78, 5) is 21.7. The standard InChI is InChI=1S/C20H23FN4OS/c1-4-5-6-18-24-13(2)19(27-18)20(26)23-12-15-7-8-17(16(21)11-15)25-10-9-22-14(25)3/h7-11H,4-6,12H2,1-3H3,(H,23,26). The van der Waals surface area contributed by atoms with E-state index in [2.05, 4.69) is 22.2 Å². The topological polar surface area (TPSA) is 59.8 Å². The maximum absolute atomic E-state index is 14.5. The lowest BCUT2D eigenvalue weighted by Crippen LogP contribution is -2.22. The molecule has 7 heteroatoms. The van der Waals surface area contributed by atoms with Crippen LogP contribution in [0.1, 0.15) is 51.5 Å². The van der Waals surface area contributed by atoms with Gasteiger partial charge in [-0.25, -0.2) is 14.4 Å². The van der Waals surface area contributed by atoms with Gasteiger partial charge in [0.25, 0.3) is 5.91 Å². The number of imidazole rings is 1. The number of carbonyl (C=O) groups is 1. The highest BCUT2D eigenvalue weighted by molar-refractivity contribution is 7.13. The molecule has 3 aromatic rings. The molecule has 0 radical (unpaired) electrons. The van der Waals surface area contributed by atoms with Gasteiger partial charge in [-0.05, 0) is 44.4 Å². The Labute approximate surface area is 162 Å². The molecule has 0 aliphatic carbocycles. The van der Waals surface area contributed by atoms with Gasteiger partial charge in [0.1, 0.15) is 16.5 Å². The quantitative estimate of drug-likeness (QED) is 0.656. The molecule has 1 aromatic carbocycles. The van der Waals surface area contributed by atoms with E-state index < -0.39 is 0 Å². The van der Waals surface area contributed by atoms with Crippen LogP contribution in [-0.2, 0) is 13.0 Å². The van der Waals surface area contributed by atoms with E-state index in [1.165, 1.54) is 17.4 Å². The van der Waals surface area contributed by atoms with E-state index in [0.717, 1.165) is 35.8 Å². The molecule has 1 amide bonds. The van der Waals surface area contributed by atoms with Crippen LogP contribution >= 0.6 is 11.3 Å². The maximum Gasteiger partial charge on any atom is 0.263 e. The summed E-state index contributed by atoms with van der Waals surface area (Å²) in [5, 5.41) is 3.86. The molecule has 2 aromatic heterocycles. The largest absolute Gasteiger partial charge is 0.347 e. The molecule has 1 N–H and O–H groups in total. The van der Waals surface area contributed by atoms with Crippen molar-refractivity contribution in [2.24, 2.45) is 0 Å². The van der Waals surface area contributed by atoms with Crippen molar-refractivity contribution in [1.29, 1.82) is 0 Å². The number of halogens is 1. The zero-order chi connectivity index (χ0) is 19.4. The molecule has 0 atom stereocenters. The molecule has 0 spiro atoms. The Bertz CT molecular complexity index is 947. The summed E-state index contributed by atoms with van der Waals surface area (Å²) in [5.74, 6) is 0.204. The molecule has 0 fully saturated rings. The Morgan fingerprint density at radius 2 is 2.15 bits per heavy atom. The third-order valence-corrected chi connectivity index (χ3v) is 5.56. The summed E-state index contributed by atoms with van der Waals surface area (Å²) < 4.78 is 16.1. The fraction of sp³-hybridized carbons (Fsp3) is 0.350. The number of rotatable bonds is 7. The predicted octanol–water partition coefficient (Wildman–Crippen LogP) is 4.36. The van der Waals surface area contributed by atoms with Gasteiger partial charge in [-0.3, -0.25) is 4.79 Å². The van der Waals surface area contributed by atoms with Gasteiger partial charge in [-0.2, -0.15) is 0 Å². The third kappa shape index (κ3) is 4.42. The van der Waals surface area contributed by atoms with Crippen molar-refractivity contribution < 1.29 is 9.18 Å². The molecule has 0 aliphatic rings. The molecule has 0 unspecified atom stereocenters. The Morgan fingerprint density at radius 3 is 2.81 bits per heavy atom. The lowest BCUT2D eigenvalue weighted by molar-refractivity contribution is 0.0954. The van der Waals surface area contributed by atoms with E-state index in [1.807, 2.05) is 19.9 Å². The number of nitrogens with one attached hydrogen (secondary N) is 1. The molecule has 27 heavy (non-hydrogen) atoms. The minimum Gasteiger partial charge on any atom is -0.347 e. The molecule has 3 rings (SSSR count). The second kappa shape index (κ2) is 8.43. The number of aryl methyl sites for hydroxylation is 3. The summed E-state index contributed by atoms with van der Waals surface area (Å²) in [6.45, 7) is 6.07. The van der Waals surface area contributed by atoms with Gasteiger partial charge < -0.3 is 9.88 Å². The predicted molar refractivity (Wildman–Crippen MR) is 105 cm³/mol. The third-order valence-electron chi connectivity index (χ3n) is 4.34. The lowest BCUT2D eigenvalue weighted by Gasteiger charge is -2.09. The zero-order valence-electron chi connectivity index (χ0n) is 15.8. The molecule has 5 nitrogen and oxygen atoms in total. The van der Waals surface area contributed by atoms with Gasteiger partial charge in [0.2, 0.25) is 0 Å². The molecule has 142 valence electrons. The summed E-state index contributed by atoms with van der Waals surface area (Å²) in [6.07, 6.45) is 6.42. The number of nitrogens with zero attached hydrogens (tertiary/aromatic N) is 3. The Hall–Kier alpha value is -2.54. The number of hydrogen-bond acceptors (Lipinski definition) is 4. The van der Waals surface area contributed by atoms with E-state index in [0.29, 0.717) is 16.1 Å². The molecular formula is C20H23FN4OS. The van der Waals surface area contributed by atoms with Crippen molar-refractivity contribution in [3.63, 3.8) is 0 Å². The molecule has 0 bridgehead atoms. The smallest absolute Gasteiger partial charge is 0.263 e. The zero-order valence-corrected chi connectivity index (χ0v) is 16.6. The number of thiazole rings is 1. The number of aromatic nitrogens is 3. The summed E-state index contributed by atoms with van der Waals surface area (Å²) in [6, 6.07) is 4.96. The van der Waals surface area contributed by atoms with Crippen molar-refractivity contribution in [2.75, 3.05) is 0 Å². The van der Waals surface area contributed by atoms with Crippen molar-refractivity contribution in [3.05, 3.63) is 63.4 Å². The number of amides is 1. The van der Waals surface area contributed by atoms with Crippen LogP contribution in [0.25, 0.3) is 5.69 Å². The number of hydrogen-bond donors (Lipinski definition) is 1. The number of benzene rings is 1. The molecule has 0 saturated heterocycles. The summed E-state index contributed by atoms with van der Waals surface area (Å²) in [7, 11) is 0. The Morgan fingerprint density at radius 1 is 1.33 bits per heavy atom. The highest BCUT2D eigenvalue weighted by Crippen LogP contribution is 2.20. The van der Waals surface area contributed by atoms with Crippen LogP contribution in [0.15, 0.2) is 30.6 Å². The summed E-state index contributed by atoms with van der Waals surface area (Å²) >= 11 is 1.44. The average molecular weight is 386 g/mol. The van der Waals surface area contributed by atoms with Gasteiger partial charge in [0.05, 0.1) is 16.4 Å². The molecule has 0 saturated carbocycles. The molecule has 2 heterocycles. The van der Waals surface area contributed by atoms with E-state index in [4.69, 9.17) is 0 Å². The monoisotopic (exact) mass is 386 g/mol. The molecule has 0 aliphatic heterocycles. The van der Waals surface area contributed by atoms with Crippen LogP contribution in [0.5, 0.6) is 0 Å². The second-order valence-electron chi connectivity index (χ2n) is 6.44. The van der Waals surface area contributed by atoms with E-state index in [1.54, 1.807) is 23.0 Å². The highest BCUT2D eigenvalue weighted by Gasteiger charge is 2.15. The van der Waals surface area contributed by atoms with E-state index >= 15 is 0 Å². The van der Waals surface area contributed by atoms with Crippen LogP contribution in [0.3, 0.4) is 0 Å². The van der Waals surface area contributed by atoms with E-state index in [9.17, 15) is 9.18 Å². The van der Waals surface area contributed by atoms with Crippen LogP contribution in [0.2, 0.25) is 0 Å². The second-order valence-corrected chi connectivity index (χ2v) is 7.52. The van der Waals surface area contributed by atoms with E-state index in [-0.39, 0.29) is 18.3 Å². The van der Waals surface area contributed by atoms with Crippen LogP contribution in [-0.4, -0.2) is 20.4 Å². The minimum absolute atomic E-state index is 0.164. The first-order valence-corrected chi connectivity index (χ1v) is 9.84.